The van der Waals surface area contributed by atoms with E-state index in [-0.39, 0.29) is 0 Å². The molecular formula is C26H27N5O2S. The van der Waals surface area contributed by atoms with Crippen molar-refractivity contribution in [3.05, 3.63) is 54.3 Å². The van der Waals surface area contributed by atoms with Gasteiger partial charge >= 0.3 is 0 Å². The van der Waals surface area contributed by atoms with Gasteiger partial charge in [-0.1, -0.05) is 0 Å². The minimum Gasteiger partial charge on any atom is -0.497 e. The monoisotopic (exact) mass is 473 g/mol. The molecule has 0 saturated carbocycles. The Labute approximate surface area is 202 Å². The van der Waals surface area contributed by atoms with Crippen LogP contribution in [0.15, 0.2) is 54.3 Å². The number of rotatable bonds is 6. The predicted octanol–water partition coefficient (Wildman–Crippen LogP) is 4.66. The number of pyridine rings is 1. The van der Waals surface area contributed by atoms with Crippen molar-refractivity contribution in [3.8, 4) is 27.6 Å². The molecule has 7 nitrogen and oxygen atoms in total. The molecule has 8 heteroatoms. The van der Waals surface area contributed by atoms with Gasteiger partial charge in [-0.05, 0) is 30.3 Å². The van der Waals surface area contributed by atoms with E-state index in [0.717, 1.165) is 78.0 Å². The molecule has 6 rings (SSSR count). The Kier molecular flexibility index (Phi) is 5.57. The molecule has 0 unspecified atom stereocenters. The van der Waals surface area contributed by atoms with Crippen molar-refractivity contribution in [1.82, 2.24) is 24.0 Å². The van der Waals surface area contributed by atoms with Crippen molar-refractivity contribution in [3.63, 3.8) is 0 Å². The van der Waals surface area contributed by atoms with Crippen LogP contribution < -0.4 is 4.74 Å². The first kappa shape index (κ1) is 21.3. The molecule has 0 atom stereocenters. The minimum atomic E-state index is 0.820. The zero-order chi connectivity index (χ0) is 23.1. The number of ether oxygens (including phenoxy) is 2. The smallest absolute Gasteiger partial charge is 0.140 e. The maximum atomic E-state index is 5.54. The number of methoxy groups -OCH3 is 1. The fourth-order valence-corrected chi connectivity index (χ4v) is 5.61. The van der Waals surface area contributed by atoms with Crippen molar-refractivity contribution >= 4 is 33.3 Å². The number of benzene rings is 1. The third kappa shape index (κ3) is 3.77. The highest BCUT2D eigenvalue weighted by Gasteiger charge is 2.18. The molecule has 5 heterocycles. The average molecular weight is 474 g/mol. The van der Waals surface area contributed by atoms with Crippen molar-refractivity contribution in [2.75, 3.05) is 40.0 Å². The number of hydrogen-bond donors (Lipinski definition) is 0. The summed E-state index contributed by atoms with van der Waals surface area (Å²) in [5.74, 6) is 0.858. The lowest BCUT2D eigenvalue weighted by Crippen LogP contribution is -2.38. The molecule has 1 aromatic carbocycles. The molecule has 0 N–H and O–H groups in total. The van der Waals surface area contributed by atoms with Crippen molar-refractivity contribution in [2.45, 2.75) is 6.54 Å². The van der Waals surface area contributed by atoms with E-state index in [1.54, 1.807) is 18.4 Å². The zero-order valence-corrected chi connectivity index (χ0v) is 20.2. The molecule has 0 radical (unpaired) electrons. The Bertz CT molecular complexity index is 1460. The summed E-state index contributed by atoms with van der Waals surface area (Å²) < 4.78 is 15.5. The van der Waals surface area contributed by atoms with Gasteiger partial charge in [0.1, 0.15) is 16.4 Å². The molecule has 5 aromatic rings. The van der Waals surface area contributed by atoms with Gasteiger partial charge in [-0.2, -0.15) is 0 Å². The Morgan fingerprint density at radius 2 is 1.94 bits per heavy atom. The van der Waals surface area contributed by atoms with Crippen molar-refractivity contribution in [1.29, 1.82) is 0 Å². The molecule has 0 bridgehead atoms. The fourth-order valence-electron chi connectivity index (χ4n) is 4.77. The number of thiazole rings is 1. The molecule has 0 spiro atoms. The van der Waals surface area contributed by atoms with Crippen LogP contribution in [-0.4, -0.2) is 64.0 Å². The molecule has 1 fully saturated rings. The normalized spacial score (nSPS) is 14.9. The van der Waals surface area contributed by atoms with Crippen molar-refractivity contribution in [2.24, 2.45) is 7.05 Å². The van der Waals surface area contributed by atoms with E-state index in [1.807, 2.05) is 25.4 Å². The molecule has 1 aliphatic heterocycles. The third-order valence-corrected chi connectivity index (χ3v) is 7.47. The van der Waals surface area contributed by atoms with E-state index in [9.17, 15) is 0 Å². The molecule has 1 aliphatic rings. The molecule has 4 aromatic heterocycles. The van der Waals surface area contributed by atoms with Crippen LogP contribution in [0, 0.1) is 0 Å². The standard InChI is InChI=1S/C26H27N5O2S/c1-29-15-21(19-4-3-7-27-25(19)29)23-17-34-26(28-23)22-16-31(9-8-30-10-12-33-13-11-30)24-6-5-18(32-2)14-20(22)24/h3-7,14-17H,8-13H2,1-2H3. The summed E-state index contributed by atoms with van der Waals surface area (Å²) >= 11 is 1.68. The van der Waals surface area contributed by atoms with Crippen molar-refractivity contribution < 1.29 is 9.47 Å². The maximum Gasteiger partial charge on any atom is 0.140 e. The Hall–Kier alpha value is -3.20. The van der Waals surface area contributed by atoms with Gasteiger partial charge in [-0.15, -0.1) is 11.3 Å². The van der Waals surface area contributed by atoms with Crippen LogP contribution in [0.5, 0.6) is 5.75 Å². The highest BCUT2D eigenvalue weighted by Crippen LogP contribution is 2.38. The average Bonchev–Trinajstić information content (AvgIpc) is 3.59. The first-order valence-corrected chi connectivity index (χ1v) is 12.4. The third-order valence-electron chi connectivity index (χ3n) is 6.59. The number of aromatic nitrogens is 4. The van der Waals surface area contributed by atoms with Crippen LogP contribution in [0.3, 0.4) is 0 Å². The summed E-state index contributed by atoms with van der Waals surface area (Å²) in [5, 5.41) is 5.45. The minimum absolute atomic E-state index is 0.820. The van der Waals surface area contributed by atoms with E-state index >= 15 is 0 Å². The lowest BCUT2D eigenvalue weighted by atomic mass is 10.1. The SMILES string of the molecule is COc1ccc2c(c1)c(-c1nc(-c3cn(C)c4ncccc34)cs1)cn2CCN1CCOCC1. The lowest BCUT2D eigenvalue weighted by molar-refractivity contribution is 0.0365. The van der Waals surface area contributed by atoms with Gasteiger partial charge in [0, 0.05) is 84.6 Å². The zero-order valence-electron chi connectivity index (χ0n) is 19.4. The summed E-state index contributed by atoms with van der Waals surface area (Å²) in [6.07, 6.45) is 6.20. The summed E-state index contributed by atoms with van der Waals surface area (Å²) in [5.41, 5.74) is 5.41. The predicted molar refractivity (Wildman–Crippen MR) is 137 cm³/mol. The summed E-state index contributed by atoms with van der Waals surface area (Å²) in [4.78, 5) is 12.1. The van der Waals surface area contributed by atoms with E-state index in [1.165, 1.54) is 10.9 Å². The number of hydrogen-bond acceptors (Lipinski definition) is 6. The first-order chi connectivity index (χ1) is 16.7. The van der Waals surface area contributed by atoms with Gasteiger partial charge in [-0.3, -0.25) is 4.90 Å². The highest BCUT2D eigenvalue weighted by atomic mass is 32.1. The molecular weight excluding hydrogens is 446 g/mol. The summed E-state index contributed by atoms with van der Waals surface area (Å²) in [6, 6.07) is 10.4. The van der Waals surface area contributed by atoms with Gasteiger partial charge < -0.3 is 18.6 Å². The number of morpholine rings is 1. The fraction of sp³-hybridized carbons (Fsp3) is 0.308. The molecule has 0 aliphatic carbocycles. The van der Waals surface area contributed by atoms with Crippen LogP contribution in [0.4, 0.5) is 0 Å². The van der Waals surface area contributed by atoms with Crippen LogP contribution in [0.25, 0.3) is 43.8 Å². The second-order valence-electron chi connectivity index (χ2n) is 8.64. The second-order valence-corrected chi connectivity index (χ2v) is 9.50. The van der Waals surface area contributed by atoms with Gasteiger partial charge in [0.15, 0.2) is 0 Å². The highest BCUT2D eigenvalue weighted by molar-refractivity contribution is 7.13. The topological polar surface area (TPSA) is 57.3 Å². The van der Waals surface area contributed by atoms with Crippen LogP contribution in [0.1, 0.15) is 0 Å². The largest absolute Gasteiger partial charge is 0.497 e. The quantitative estimate of drug-likeness (QED) is 0.359. The molecule has 1 saturated heterocycles. The van der Waals surface area contributed by atoms with Gasteiger partial charge in [0.25, 0.3) is 0 Å². The summed E-state index contributed by atoms with van der Waals surface area (Å²) in [6.45, 7) is 5.56. The lowest BCUT2D eigenvalue weighted by Gasteiger charge is -2.26. The Morgan fingerprint density at radius 1 is 1.06 bits per heavy atom. The first-order valence-electron chi connectivity index (χ1n) is 11.5. The molecule has 174 valence electrons. The van der Waals surface area contributed by atoms with E-state index < -0.39 is 0 Å². The van der Waals surface area contributed by atoms with E-state index in [2.05, 4.69) is 55.0 Å². The summed E-state index contributed by atoms with van der Waals surface area (Å²) in [7, 11) is 3.74. The number of nitrogens with zero attached hydrogens (tertiary/aromatic N) is 5. The molecule has 34 heavy (non-hydrogen) atoms. The van der Waals surface area contributed by atoms with Crippen LogP contribution in [-0.2, 0) is 18.3 Å². The molecule has 0 amide bonds. The van der Waals surface area contributed by atoms with Crippen LogP contribution in [0.2, 0.25) is 0 Å². The number of fused-ring (bicyclic) bond motifs is 2. The maximum absolute atomic E-state index is 5.54. The van der Waals surface area contributed by atoms with E-state index in [0.29, 0.717) is 0 Å². The van der Waals surface area contributed by atoms with Gasteiger partial charge in [0.2, 0.25) is 0 Å². The van der Waals surface area contributed by atoms with E-state index in [4.69, 9.17) is 14.5 Å². The second kappa shape index (κ2) is 8.87. The van der Waals surface area contributed by atoms with Crippen LogP contribution >= 0.6 is 11.3 Å². The van der Waals surface area contributed by atoms with Gasteiger partial charge in [0.05, 0.1) is 26.0 Å². The Balaban J connectivity index is 1.39. The van der Waals surface area contributed by atoms with Gasteiger partial charge in [-0.25, -0.2) is 9.97 Å². The number of aryl methyl sites for hydroxylation is 1. The Morgan fingerprint density at radius 3 is 2.79 bits per heavy atom.